The van der Waals surface area contributed by atoms with Crippen LogP contribution in [0.4, 0.5) is 5.69 Å². The van der Waals surface area contributed by atoms with Crippen LogP contribution in [0.25, 0.3) is 11.0 Å². The van der Waals surface area contributed by atoms with Crippen molar-refractivity contribution in [2.75, 3.05) is 5.73 Å². The summed E-state index contributed by atoms with van der Waals surface area (Å²) in [4.78, 5) is 4.87. The van der Waals surface area contributed by atoms with Crippen LogP contribution in [0.1, 0.15) is 58.3 Å². The minimum Gasteiger partial charge on any atom is -0.399 e. The number of fused-ring (bicyclic) bond motifs is 1. The predicted octanol–water partition coefficient (Wildman–Crippen LogP) is 4.57. The van der Waals surface area contributed by atoms with Gasteiger partial charge in [0.15, 0.2) is 0 Å². The summed E-state index contributed by atoms with van der Waals surface area (Å²) in [5.41, 5.74) is 9.06. The minimum absolute atomic E-state index is 0.603. The highest BCUT2D eigenvalue weighted by Crippen LogP contribution is 2.38. The number of hydrogen-bond acceptors (Lipinski definition) is 2. The maximum atomic E-state index is 5.93. The van der Waals surface area contributed by atoms with Gasteiger partial charge < -0.3 is 10.3 Å². The fraction of sp³-hybridized carbons (Fsp3) is 0.611. The molecule has 1 saturated carbocycles. The number of nitrogens with two attached hydrogens (primary N) is 1. The van der Waals surface area contributed by atoms with Gasteiger partial charge in [-0.05, 0) is 55.7 Å². The number of aromatic nitrogens is 2. The summed E-state index contributed by atoms with van der Waals surface area (Å²) >= 11 is 0. The first-order chi connectivity index (χ1) is 10.1. The molecular weight excluding hydrogens is 258 g/mol. The number of rotatable bonds is 3. The van der Waals surface area contributed by atoms with Crippen molar-refractivity contribution in [3.05, 3.63) is 24.0 Å². The Morgan fingerprint density at radius 2 is 2.05 bits per heavy atom. The Labute approximate surface area is 127 Å². The third kappa shape index (κ3) is 2.66. The summed E-state index contributed by atoms with van der Waals surface area (Å²) in [6, 6.07) is 6.77. The molecule has 1 aliphatic rings. The molecular formula is C18H27N3. The third-order valence-corrected chi connectivity index (χ3v) is 5.20. The zero-order valence-electron chi connectivity index (χ0n) is 13.5. The molecule has 0 spiro atoms. The number of hydrogen-bond donors (Lipinski definition) is 1. The second-order valence-corrected chi connectivity index (χ2v) is 6.82. The lowest BCUT2D eigenvalue weighted by Gasteiger charge is -2.34. The van der Waals surface area contributed by atoms with Gasteiger partial charge in [-0.2, -0.15) is 0 Å². The molecule has 0 amide bonds. The molecule has 2 aromatic rings. The summed E-state index contributed by atoms with van der Waals surface area (Å²) in [6.07, 6.45) is 6.06. The fourth-order valence-corrected chi connectivity index (χ4v) is 3.73. The van der Waals surface area contributed by atoms with Crippen molar-refractivity contribution < 1.29 is 0 Å². The topological polar surface area (TPSA) is 43.8 Å². The normalized spacial score (nSPS) is 26.3. The quantitative estimate of drug-likeness (QED) is 0.840. The van der Waals surface area contributed by atoms with E-state index in [0.29, 0.717) is 6.04 Å². The minimum atomic E-state index is 0.603. The Kier molecular flexibility index (Phi) is 3.92. The molecule has 3 atom stereocenters. The van der Waals surface area contributed by atoms with Crippen LogP contribution < -0.4 is 5.73 Å². The molecule has 1 fully saturated rings. The molecule has 0 aliphatic heterocycles. The predicted molar refractivity (Wildman–Crippen MR) is 89.4 cm³/mol. The summed E-state index contributed by atoms with van der Waals surface area (Å²) in [6.45, 7) is 7.01. The van der Waals surface area contributed by atoms with Gasteiger partial charge in [0.1, 0.15) is 5.82 Å². The van der Waals surface area contributed by atoms with E-state index in [1.54, 1.807) is 0 Å². The van der Waals surface area contributed by atoms with Crippen LogP contribution in [0, 0.1) is 11.8 Å². The van der Waals surface area contributed by atoms with Crippen molar-refractivity contribution in [1.29, 1.82) is 0 Å². The molecule has 3 rings (SSSR count). The van der Waals surface area contributed by atoms with Gasteiger partial charge in [-0.1, -0.05) is 20.8 Å². The summed E-state index contributed by atoms with van der Waals surface area (Å²) in [5, 5.41) is 0. The molecule has 0 saturated heterocycles. The molecule has 3 nitrogen and oxygen atoms in total. The average Bonchev–Trinajstić information content (AvgIpc) is 2.79. The number of imidazole rings is 1. The summed E-state index contributed by atoms with van der Waals surface area (Å²) in [5.74, 6) is 2.88. The van der Waals surface area contributed by atoms with Crippen LogP contribution in [-0.2, 0) is 6.42 Å². The first-order valence-corrected chi connectivity index (χ1v) is 8.36. The van der Waals surface area contributed by atoms with Gasteiger partial charge in [0.05, 0.1) is 11.0 Å². The number of nitrogens with zero attached hydrogens (tertiary/aromatic N) is 2. The fourth-order valence-electron chi connectivity index (χ4n) is 3.73. The average molecular weight is 285 g/mol. The SMILES string of the molecule is CCCc1nc2cc(N)ccc2n1C1CCC(C)C(C)C1. The van der Waals surface area contributed by atoms with E-state index in [9.17, 15) is 0 Å². The Hall–Kier alpha value is -1.51. The zero-order chi connectivity index (χ0) is 15.0. The van der Waals surface area contributed by atoms with E-state index in [1.807, 2.05) is 12.1 Å². The lowest BCUT2D eigenvalue weighted by atomic mass is 9.79. The lowest BCUT2D eigenvalue weighted by molar-refractivity contribution is 0.211. The standard InChI is InChI=1S/C18H27N3/c1-4-5-18-20-16-11-14(19)7-9-17(16)21(18)15-8-6-12(2)13(3)10-15/h7,9,11-13,15H,4-6,8,10,19H2,1-3H3. The van der Waals surface area contributed by atoms with Gasteiger partial charge >= 0.3 is 0 Å². The molecule has 0 bridgehead atoms. The van der Waals surface area contributed by atoms with Crippen molar-refractivity contribution in [2.24, 2.45) is 11.8 Å². The van der Waals surface area contributed by atoms with Crippen molar-refractivity contribution in [2.45, 2.75) is 58.9 Å². The molecule has 1 aromatic heterocycles. The van der Waals surface area contributed by atoms with Crippen molar-refractivity contribution >= 4 is 16.7 Å². The van der Waals surface area contributed by atoms with E-state index in [1.165, 1.54) is 30.6 Å². The van der Waals surface area contributed by atoms with Gasteiger partial charge in [-0.3, -0.25) is 0 Å². The second kappa shape index (κ2) is 5.70. The largest absolute Gasteiger partial charge is 0.399 e. The molecule has 1 heterocycles. The highest BCUT2D eigenvalue weighted by atomic mass is 15.1. The van der Waals surface area contributed by atoms with Crippen molar-refractivity contribution in [3.8, 4) is 0 Å². The molecule has 2 N–H and O–H groups in total. The Morgan fingerprint density at radius 3 is 2.76 bits per heavy atom. The van der Waals surface area contributed by atoms with E-state index in [-0.39, 0.29) is 0 Å². The van der Waals surface area contributed by atoms with Crippen molar-refractivity contribution in [3.63, 3.8) is 0 Å². The van der Waals surface area contributed by atoms with E-state index >= 15 is 0 Å². The smallest absolute Gasteiger partial charge is 0.110 e. The molecule has 1 aromatic carbocycles. The van der Waals surface area contributed by atoms with Gasteiger partial charge in [0, 0.05) is 18.2 Å². The van der Waals surface area contributed by atoms with E-state index < -0.39 is 0 Å². The van der Waals surface area contributed by atoms with Gasteiger partial charge in [-0.15, -0.1) is 0 Å². The number of benzene rings is 1. The maximum Gasteiger partial charge on any atom is 0.110 e. The van der Waals surface area contributed by atoms with Crippen LogP contribution in [0.2, 0.25) is 0 Å². The van der Waals surface area contributed by atoms with Crippen LogP contribution in [-0.4, -0.2) is 9.55 Å². The van der Waals surface area contributed by atoms with Gasteiger partial charge in [0.25, 0.3) is 0 Å². The molecule has 0 radical (unpaired) electrons. The van der Waals surface area contributed by atoms with Crippen LogP contribution >= 0.6 is 0 Å². The number of anilines is 1. The molecule has 114 valence electrons. The highest BCUT2D eigenvalue weighted by Gasteiger charge is 2.28. The van der Waals surface area contributed by atoms with Gasteiger partial charge in [-0.25, -0.2) is 4.98 Å². The van der Waals surface area contributed by atoms with Gasteiger partial charge in [0.2, 0.25) is 0 Å². The maximum absolute atomic E-state index is 5.93. The molecule has 21 heavy (non-hydrogen) atoms. The first-order valence-electron chi connectivity index (χ1n) is 8.36. The zero-order valence-corrected chi connectivity index (χ0v) is 13.5. The third-order valence-electron chi connectivity index (χ3n) is 5.20. The van der Waals surface area contributed by atoms with E-state index in [4.69, 9.17) is 10.7 Å². The lowest BCUT2D eigenvalue weighted by Crippen LogP contribution is -2.24. The monoisotopic (exact) mass is 285 g/mol. The van der Waals surface area contributed by atoms with Crippen LogP contribution in [0.15, 0.2) is 18.2 Å². The molecule has 1 aliphatic carbocycles. The van der Waals surface area contributed by atoms with Crippen LogP contribution in [0.5, 0.6) is 0 Å². The molecule has 3 heteroatoms. The van der Waals surface area contributed by atoms with Crippen LogP contribution in [0.3, 0.4) is 0 Å². The first kappa shape index (κ1) is 14.4. The second-order valence-electron chi connectivity index (χ2n) is 6.82. The van der Waals surface area contributed by atoms with Crippen molar-refractivity contribution in [1.82, 2.24) is 9.55 Å². The summed E-state index contributed by atoms with van der Waals surface area (Å²) in [7, 11) is 0. The highest BCUT2D eigenvalue weighted by molar-refractivity contribution is 5.79. The Balaban J connectivity index is 2.04. The van der Waals surface area contributed by atoms with E-state index in [2.05, 4.69) is 31.4 Å². The number of aryl methyl sites for hydroxylation is 1. The van der Waals surface area contributed by atoms with E-state index in [0.717, 1.165) is 35.9 Å². The molecule has 3 unspecified atom stereocenters. The Morgan fingerprint density at radius 1 is 1.24 bits per heavy atom. The Bertz CT molecular complexity index is 629. The number of nitrogen functional groups attached to an aromatic ring is 1. The summed E-state index contributed by atoms with van der Waals surface area (Å²) < 4.78 is 2.51.